The molecule has 7 rings (SSSR count). The van der Waals surface area contributed by atoms with Gasteiger partial charge in [0.15, 0.2) is 5.82 Å². The summed E-state index contributed by atoms with van der Waals surface area (Å²) in [6, 6.07) is 53.0. The summed E-state index contributed by atoms with van der Waals surface area (Å²) in [5.74, 6) is 0.749. The van der Waals surface area contributed by atoms with Crippen molar-refractivity contribution in [1.82, 2.24) is 9.97 Å². The third-order valence-electron chi connectivity index (χ3n) is 12.3. The molecule has 0 radical (unpaired) electrons. The molecular weight excluding hydrogens is 749 g/mol. The summed E-state index contributed by atoms with van der Waals surface area (Å²) < 4.78 is 0. The molecule has 0 amide bonds. The molecule has 0 aliphatic rings. The van der Waals surface area contributed by atoms with Crippen molar-refractivity contribution in [2.45, 2.75) is 118 Å². The number of hydrogen-bond acceptors (Lipinski definition) is 2. The molecule has 1 aromatic heterocycles. The van der Waals surface area contributed by atoms with Crippen LogP contribution in [0.2, 0.25) is 0 Å². The highest BCUT2D eigenvalue weighted by atomic mass is 14.9. The number of rotatable bonds is 21. The Labute approximate surface area is 373 Å². The van der Waals surface area contributed by atoms with Crippen molar-refractivity contribution in [3.63, 3.8) is 0 Å². The molecule has 0 saturated carbocycles. The van der Waals surface area contributed by atoms with Crippen LogP contribution >= 0.6 is 0 Å². The number of unbranched alkanes of at least 4 members (excludes halogenated alkanes) is 10. The van der Waals surface area contributed by atoms with E-state index in [2.05, 4.69) is 185 Å². The molecule has 2 nitrogen and oxygen atoms in total. The fourth-order valence-corrected chi connectivity index (χ4v) is 8.57. The molecule has 0 saturated heterocycles. The quantitative estimate of drug-likeness (QED) is 0.0533. The molecule has 0 aliphatic heterocycles. The Hall–Kier alpha value is -5.86. The van der Waals surface area contributed by atoms with Gasteiger partial charge in [-0.05, 0) is 120 Å². The van der Waals surface area contributed by atoms with Crippen molar-refractivity contribution >= 4 is 12.2 Å². The van der Waals surface area contributed by atoms with Gasteiger partial charge in [-0.2, -0.15) is 0 Å². The second kappa shape index (κ2) is 22.8. The van der Waals surface area contributed by atoms with E-state index in [0.717, 1.165) is 57.9 Å². The van der Waals surface area contributed by atoms with Crippen LogP contribution in [0.3, 0.4) is 0 Å². The largest absolute Gasteiger partial charge is 0.228 e. The van der Waals surface area contributed by atoms with Gasteiger partial charge >= 0.3 is 0 Å². The lowest BCUT2D eigenvalue weighted by atomic mass is 9.90. The minimum absolute atomic E-state index is 0.749. The first-order valence-electron chi connectivity index (χ1n) is 23.6. The Kier molecular flexibility index (Phi) is 16.3. The lowest BCUT2D eigenvalue weighted by Gasteiger charge is -2.17. The molecule has 6 aromatic carbocycles. The lowest BCUT2D eigenvalue weighted by Crippen LogP contribution is -2.02. The third kappa shape index (κ3) is 12.4. The van der Waals surface area contributed by atoms with Crippen LogP contribution in [0.5, 0.6) is 0 Å². The van der Waals surface area contributed by atoms with E-state index in [1.807, 2.05) is 0 Å². The molecule has 7 aromatic rings. The van der Waals surface area contributed by atoms with Gasteiger partial charge in [0, 0.05) is 16.7 Å². The highest BCUT2D eigenvalue weighted by Crippen LogP contribution is 2.36. The zero-order valence-corrected chi connectivity index (χ0v) is 37.8. The van der Waals surface area contributed by atoms with Gasteiger partial charge < -0.3 is 0 Å². The van der Waals surface area contributed by atoms with E-state index in [0.29, 0.717) is 0 Å². The Morgan fingerprint density at radius 2 is 0.871 bits per heavy atom. The van der Waals surface area contributed by atoms with Crippen molar-refractivity contribution in [2.75, 3.05) is 0 Å². The van der Waals surface area contributed by atoms with Crippen molar-refractivity contribution in [3.05, 3.63) is 179 Å². The second-order valence-electron chi connectivity index (χ2n) is 17.3. The number of benzene rings is 6. The van der Waals surface area contributed by atoms with E-state index >= 15 is 0 Å². The van der Waals surface area contributed by atoms with Crippen LogP contribution in [0.25, 0.3) is 68.3 Å². The Morgan fingerprint density at radius 1 is 0.387 bits per heavy atom. The summed E-state index contributed by atoms with van der Waals surface area (Å²) in [5.41, 5.74) is 17.9. The molecule has 0 atom stereocenters. The second-order valence-corrected chi connectivity index (χ2v) is 17.3. The maximum absolute atomic E-state index is 5.56. The summed E-state index contributed by atoms with van der Waals surface area (Å²) in [4.78, 5) is 11.0. The molecule has 0 N–H and O–H groups in total. The van der Waals surface area contributed by atoms with Gasteiger partial charge in [-0.1, -0.05) is 211 Å². The molecule has 62 heavy (non-hydrogen) atoms. The minimum Gasteiger partial charge on any atom is -0.228 e. The van der Waals surface area contributed by atoms with Gasteiger partial charge in [-0.3, -0.25) is 0 Å². The van der Waals surface area contributed by atoms with Gasteiger partial charge in [0.25, 0.3) is 0 Å². The molecule has 0 aliphatic carbocycles. The van der Waals surface area contributed by atoms with E-state index in [-0.39, 0.29) is 0 Å². The molecule has 0 fully saturated rings. The molecule has 1 heterocycles. The van der Waals surface area contributed by atoms with Crippen LogP contribution in [-0.4, -0.2) is 9.97 Å². The van der Waals surface area contributed by atoms with E-state index < -0.39 is 0 Å². The number of aryl methyl sites for hydroxylation is 4. The van der Waals surface area contributed by atoms with Gasteiger partial charge in [0.1, 0.15) is 0 Å². The van der Waals surface area contributed by atoms with Crippen LogP contribution in [-0.2, 0) is 12.8 Å². The topological polar surface area (TPSA) is 25.8 Å². The molecule has 0 unspecified atom stereocenters. The first-order valence-corrected chi connectivity index (χ1v) is 23.6. The maximum atomic E-state index is 5.56. The summed E-state index contributed by atoms with van der Waals surface area (Å²) in [5, 5.41) is 0. The molecule has 2 heteroatoms. The Bertz CT molecular complexity index is 2420. The molecule has 316 valence electrons. The van der Waals surface area contributed by atoms with Crippen LogP contribution in [0.1, 0.15) is 124 Å². The maximum Gasteiger partial charge on any atom is 0.160 e. The number of nitrogens with zero attached hydrogens (tertiary/aromatic N) is 2. The first kappa shape index (κ1) is 44.2. The van der Waals surface area contributed by atoms with Gasteiger partial charge in [0.2, 0.25) is 0 Å². The summed E-state index contributed by atoms with van der Waals surface area (Å²) >= 11 is 0. The average molecular weight is 815 g/mol. The predicted molar refractivity (Wildman–Crippen MR) is 268 cm³/mol. The van der Waals surface area contributed by atoms with E-state index in [1.165, 1.54) is 122 Å². The zero-order valence-electron chi connectivity index (χ0n) is 37.8. The van der Waals surface area contributed by atoms with Gasteiger partial charge in [0.05, 0.1) is 11.4 Å². The van der Waals surface area contributed by atoms with Crippen molar-refractivity contribution in [1.29, 1.82) is 0 Å². The lowest BCUT2D eigenvalue weighted by molar-refractivity contribution is 0.605. The molecule has 0 bridgehead atoms. The SMILES string of the molecule is CCCCCCCCc1cc(-c2cc(-c3ccc(/C=C/c4ccc(C)cc4)cc3)nc(-c3cc(-c4ccccc4)cc(-c4ccccc4)c3)n2)c(CCCCCCCC)cc1C. The minimum atomic E-state index is 0.749. The summed E-state index contributed by atoms with van der Waals surface area (Å²) in [6.45, 7) is 9.05. The third-order valence-corrected chi connectivity index (χ3v) is 12.3. The molecular formula is C60H66N2. The van der Waals surface area contributed by atoms with E-state index in [1.54, 1.807) is 0 Å². The average Bonchev–Trinajstić information content (AvgIpc) is 3.32. The summed E-state index contributed by atoms with van der Waals surface area (Å²) in [6.07, 6.45) is 22.0. The fourth-order valence-electron chi connectivity index (χ4n) is 8.57. The van der Waals surface area contributed by atoms with Crippen molar-refractivity contribution < 1.29 is 0 Å². The zero-order chi connectivity index (χ0) is 42.9. The van der Waals surface area contributed by atoms with Crippen molar-refractivity contribution in [3.8, 4) is 56.2 Å². The Morgan fingerprint density at radius 3 is 1.44 bits per heavy atom. The van der Waals surface area contributed by atoms with Gasteiger partial charge in [-0.15, -0.1) is 0 Å². The highest BCUT2D eigenvalue weighted by Gasteiger charge is 2.17. The monoisotopic (exact) mass is 815 g/mol. The Balaban J connectivity index is 1.34. The van der Waals surface area contributed by atoms with Crippen LogP contribution < -0.4 is 0 Å². The normalized spacial score (nSPS) is 11.4. The molecule has 0 spiro atoms. The number of aromatic nitrogens is 2. The van der Waals surface area contributed by atoms with Crippen LogP contribution in [0, 0.1) is 13.8 Å². The first-order chi connectivity index (χ1) is 30.5. The van der Waals surface area contributed by atoms with Crippen molar-refractivity contribution in [2.24, 2.45) is 0 Å². The van der Waals surface area contributed by atoms with Crippen LogP contribution in [0.15, 0.2) is 146 Å². The van der Waals surface area contributed by atoms with E-state index in [4.69, 9.17) is 9.97 Å². The standard InChI is InChI=1S/C60H66N2/c1-5-7-9-11-13-17-27-52-43-57(53(39-46(52)4)28-18-14-12-10-8-6-2)59-44-58(51-37-35-48(36-38-51)34-33-47-31-29-45(3)30-32-47)61-60(62-59)56-41-54(49-23-19-15-20-24-49)40-55(42-56)50-25-21-16-22-26-50/h15-16,19-26,29-44H,5-14,17-18,27-28H2,1-4H3/b34-33+. The fraction of sp³-hybridized carbons (Fsp3) is 0.300. The highest BCUT2D eigenvalue weighted by molar-refractivity contribution is 5.82. The summed E-state index contributed by atoms with van der Waals surface area (Å²) in [7, 11) is 0. The number of hydrogen-bond donors (Lipinski definition) is 0. The van der Waals surface area contributed by atoms with E-state index in [9.17, 15) is 0 Å². The predicted octanol–water partition coefficient (Wildman–Crippen LogP) is 17.4. The van der Waals surface area contributed by atoms with Crippen LogP contribution in [0.4, 0.5) is 0 Å². The van der Waals surface area contributed by atoms with Gasteiger partial charge in [-0.25, -0.2) is 9.97 Å². The smallest absolute Gasteiger partial charge is 0.160 e.